The number of hydrogen-bond acceptors (Lipinski definition) is 4. The number of anilines is 1. The van der Waals surface area contributed by atoms with E-state index in [4.69, 9.17) is 0 Å². The maximum absolute atomic E-state index is 11.8. The van der Waals surface area contributed by atoms with Crippen molar-refractivity contribution in [1.29, 1.82) is 0 Å². The molecule has 2 rings (SSSR count). The summed E-state index contributed by atoms with van der Waals surface area (Å²) in [5, 5.41) is 6.34. The molecule has 1 amide bonds. The molecule has 2 N–H and O–H groups in total. The van der Waals surface area contributed by atoms with Crippen LogP contribution in [-0.2, 0) is 11.3 Å². The standard InChI is InChI=1S/C15H24N4O/c1-3-16-14(20)11-19(4-2)15-12(6-5-9-17-15)10-18-13-7-8-13/h5-6,9,13,18H,3-4,7-8,10-11H2,1-2H3,(H,16,20). The first-order valence-electron chi connectivity index (χ1n) is 7.43. The SMILES string of the molecule is CCNC(=O)CN(CC)c1ncccc1CNC1CC1. The summed E-state index contributed by atoms with van der Waals surface area (Å²) in [6.07, 6.45) is 4.33. The molecule has 110 valence electrons. The molecule has 1 heterocycles. The summed E-state index contributed by atoms with van der Waals surface area (Å²) in [5.74, 6) is 0.954. The molecular weight excluding hydrogens is 252 g/mol. The van der Waals surface area contributed by atoms with Crippen molar-refractivity contribution in [3.8, 4) is 0 Å². The lowest BCUT2D eigenvalue weighted by Gasteiger charge is -2.23. The van der Waals surface area contributed by atoms with Crippen LogP contribution in [0.25, 0.3) is 0 Å². The van der Waals surface area contributed by atoms with Crippen molar-refractivity contribution in [3.05, 3.63) is 23.9 Å². The lowest BCUT2D eigenvalue weighted by atomic mass is 10.2. The van der Waals surface area contributed by atoms with Gasteiger partial charge in [-0.05, 0) is 32.8 Å². The predicted molar refractivity (Wildman–Crippen MR) is 80.7 cm³/mol. The number of rotatable bonds is 8. The summed E-state index contributed by atoms with van der Waals surface area (Å²) in [6.45, 7) is 6.59. The van der Waals surface area contributed by atoms with E-state index in [9.17, 15) is 4.79 Å². The molecule has 1 aliphatic rings. The van der Waals surface area contributed by atoms with E-state index in [1.165, 1.54) is 12.8 Å². The Kier molecular flexibility index (Phi) is 5.35. The average molecular weight is 276 g/mol. The van der Waals surface area contributed by atoms with E-state index in [1.807, 2.05) is 24.8 Å². The quantitative estimate of drug-likeness (QED) is 0.751. The van der Waals surface area contributed by atoms with Gasteiger partial charge in [-0.25, -0.2) is 4.98 Å². The minimum absolute atomic E-state index is 0.0427. The largest absolute Gasteiger partial charge is 0.355 e. The molecule has 0 spiro atoms. The fourth-order valence-electron chi connectivity index (χ4n) is 2.16. The molecule has 5 heteroatoms. The Morgan fingerprint density at radius 3 is 2.90 bits per heavy atom. The monoisotopic (exact) mass is 276 g/mol. The number of nitrogens with one attached hydrogen (secondary N) is 2. The molecule has 0 bridgehead atoms. The number of likely N-dealkylation sites (N-methyl/N-ethyl adjacent to an activating group) is 2. The van der Waals surface area contributed by atoms with Crippen LogP contribution >= 0.6 is 0 Å². The fraction of sp³-hybridized carbons (Fsp3) is 0.600. The molecule has 1 aromatic rings. The van der Waals surface area contributed by atoms with Crippen LogP contribution < -0.4 is 15.5 Å². The van der Waals surface area contributed by atoms with Gasteiger partial charge < -0.3 is 15.5 Å². The van der Waals surface area contributed by atoms with Gasteiger partial charge >= 0.3 is 0 Å². The van der Waals surface area contributed by atoms with Crippen molar-refractivity contribution in [2.24, 2.45) is 0 Å². The first-order valence-corrected chi connectivity index (χ1v) is 7.43. The molecule has 0 aliphatic heterocycles. The molecule has 1 aromatic heterocycles. The third-order valence-electron chi connectivity index (χ3n) is 3.42. The highest BCUT2D eigenvalue weighted by molar-refractivity contribution is 5.81. The Morgan fingerprint density at radius 1 is 1.45 bits per heavy atom. The van der Waals surface area contributed by atoms with Gasteiger partial charge in [-0.3, -0.25) is 4.79 Å². The highest BCUT2D eigenvalue weighted by Gasteiger charge is 2.21. The van der Waals surface area contributed by atoms with E-state index < -0.39 is 0 Å². The molecule has 1 saturated carbocycles. The summed E-state index contributed by atoms with van der Waals surface area (Å²) in [7, 11) is 0. The van der Waals surface area contributed by atoms with E-state index in [1.54, 1.807) is 6.20 Å². The van der Waals surface area contributed by atoms with E-state index in [0.29, 0.717) is 19.1 Å². The maximum atomic E-state index is 11.8. The molecule has 0 saturated heterocycles. The number of pyridine rings is 1. The molecule has 0 radical (unpaired) electrons. The van der Waals surface area contributed by atoms with E-state index in [0.717, 1.165) is 24.5 Å². The van der Waals surface area contributed by atoms with Crippen LogP contribution in [0.15, 0.2) is 18.3 Å². The van der Waals surface area contributed by atoms with Crippen molar-refractivity contribution < 1.29 is 4.79 Å². The molecule has 0 unspecified atom stereocenters. The van der Waals surface area contributed by atoms with Crippen LogP contribution in [0, 0.1) is 0 Å². The van der Waals surface area contributed by atoms with E-state index >= 15 is 0 Å². The molecule has 1 fully saturated rings. The highest BCUT2D eigenvalue weighted by Crippen LogP contribution is 2.22. The highest BCUT2D eigenvalue weighted by atomic mass is 16.2. The van der Waals surface area contributed by atoms with Crippen molar-refractivity contribution >= 4 is 11.7 Å². The van der Waals surface area contributed by atoms with Gasteiger partial charge in [0, 0.05) is 37.4 Å². The van der Waals surface area contributed by atoms with E-state index in [2.05, 4.69) is 21.7 Å². The van der Waals surface area contributed by atoms with Crippen LogP contribution in [-0.4, -0.2) is 36.6 Å². The first kappa shape index (κ1) is 14.8. The third kappa shape index (κ3) is 4.20. The van der Waals surface area contributed by atoms with Crippen LogP contribution in [0.4, 0.5) is 5.82 Å². The smallest absolute Gasteiger partial charge is 0.239 e. The molecule has 1 aliphatic carbocycles. The Balaban J connectivity index is 2.04. The summed E-state index contributed by atoms with van der Waals surface area (Å²) in [6, 6.07) is 4.70. The number of carbonyl (C=O) groups excluding carboxylic acids is 1. The van der Waals surface area contributed by atoms with Crippen molar-refractivity contribution in [1.82, 2.24) is 15.6 Å². The Bertz CT molecular complexity index is 445. The number of aromatic nitrogens is 1. The fourth-order valence-corrected chi connectivity index (χ4v) is 2.16. The third-order valence-corrected chi connectivity index (χ3v) is 3.42. The number of carbonyl (C=O) groups is 1. The lowest BCUT2D eigenvalue weighted by Crippen LogP contribution is -2.38. The van der Waals surface area contributed by atoms with Gasteiger partial charge in [-0.15, -0.1) is 0 Å². The summed E-state index contributed by atoms with van der Waals surface area (Å²) >= 11 is 0. The van der Waals surface area contributed by atoms with Crippen LogP contribution in [0.5, 0.6) is 0 Å². The molecule has 0 aromatic carbocycles. The second-order valence-corrected chi connectivity index (χ2v) is 5.11. The number of amides is 1. The van der Waals surface area contributed by atoms with Crippen molar-refractivity contribution in [2.45, 2.75) is 39.3 Å². The first-order chi connectivity index (χ1) is 9.74. The minimum atomic E-state index is 0.0427. The summed E-state index contributed by atoms with van der Waals surface area (Å²) in [5.41, 5.74) is 1.16. The molecule has 5 nitrogen and oxygen atoms in total. The predicted octanol–water partition coefficient (Wildman–Crippen LogP) is 1.30. The zero-order valence-corrected chi connectivity index (χ0v) is 12.4. The van der Waals surface area contributed by atoms with Gasteiger partial charge in [-0.2, -0.15) is 0 Å². The topological polar surface area (TPSA) is 57.3 Å². The van der Waals surface area contributed by atoms with Gasteiger partial charge in [-0.1, -0.05) is 6.07 Å². The second-order valence-electron chi connectivity index (χ2n) is 5.11. The Labute approximate surface area is 120 Å². The Morgan fingerprint density at radius 2 is 2.25 bits per heavy atom. The number of hydrogen-bond donors (Lipinski definition) is 2. The lowest BCUT2D eigenvalue weighted by molar-refractivity contribution is -0.119. The zero-order chi connectivity index (χ0) is 14.4. The van der Waals surface area contributed by atoms with Crippen LogP contribution in [0.1, 0.15) is 32.3 Å². The molecular formula is C15H24N4O. The number of nitrogens with zero attached hydrogens (tertiary/aromatic N) is 2. The minimum Gasteiger partial charge on any atom is -0.355 e. The van der Waals surface area contributed by atoms with Crippen molar-refractivity contribution in [3.63, 3.8) is 0 Å². The van der Waals surface area contributed by atoms with E-state index in [-0.39, 0.29) is 5.91 Å². The summed E-state index contributed by atoms with van der Waals surface area (Å²) in [4.78, 5) is 18.3. The Hall–Kier alpha value is -1.62. The molecule has 0 atom stereocenters. The second kappa shape index (κ2) is 7.24. The van der Waals surface area contributed by atoms with Gasteiger partial charge in [0.1, 0.15) is 5.82 Å². The zero-order valence-electron chi connectivity index (χ0n) is 12.4. The van der Waals surface area contributed by atoms with Gasteiger partial charge in [0.25, 0.3) is 0 Å². The summed E-state index contributed by atoms with van der Waals surface area (Å²) < 4.78 is 0. The van der Waals surface area contributed by atoms with Gasteiger partial charge in [0.2, 0.25) is 5.91 Å². The normalized spacial score (nSPS) is 14.1. The average Bonchev–Trinajstić information content (AvgIpc) is 3.27. The van der Waals surface area contributed by atoms with Crippen molar-refractivity contribution in [2.75, 3.05) is 24.5 Å². The van der Waals surface area contributed by atoms with Gasteiger partial charge in [0.15, 0.2) is 0 Å². The maximum Gasteiger partial charge on any atom is 0.239 e. The van der Waals surface area contributed by atoms with Crippen LogP contribution in [0.2, 0.25) is 0 Å². The van der Waals surface area contributed by atoms with Crippen LogP contribution in [0.3, 0.4) is 0 Å². The molecule has 20 heavy (non-hydrogen) atoms. The van der Waals surface area contributed by atoms with Gasteiger partial charge in [0.05, 0.1) is 6.54 Å².